The highest BCUT2D eigenvalue weighted by atomic mass is 19.1. The second-order valence-electron chi connectivity index (χ2n) is 4.50. The van der Waals surface area contributed by atoms with Gasteiger partial charge in [0.15, 0.2) is 0 Å². The van der Waals surface area contributed by atoms with E-state index in [0.29, 0.717) is 13.1 Å². The monoisotopic (exact) mass is 205 g/mol. The van der Waals surface area contributed by atoms with E-state index in [1.807, 2.05) is 25.7 Å². The molecular weight excluding hydrogens is 181 g/mol. The van der Waals surface area contributed by atoms with E-state index >= 15 is 0 Å². The van der Waals surface area contributed by atoms with Crippen molar-refractivity contribution in [3.8, 4) is 0 Å². The molecule has 0 spiro atoms. The summed E-state index contributed by atoms with van der Waals surface area (Å²) in [5.74, 6) is 0.118. The molecule has 0 amide bonds. The number of alkyl halides is 1. The molecule has 1 N–H and O–H groups in total. The van der Waals surface area contributed by atoms with Crippen LogP contribution in [0.15, 0.2) is 0 Å². The highest BCUT2D eigenvalue weighted by Gasteiger charge is 2.31. The maximum Gasteiger partial charge on any atom is 0.116 e. The Bertz CT molecular complexity index is 146. The zero-order valence-corrected chi connectivity index (χ0v) is 10.0. The van der Waals surface area contributed by atoms with Gasteiger partial charge >= 0.3 is 0 Å². The van der Waals surface area contributed by atoms with Gasteiger partial charge in [-0.2, -0.15) is 0 Å². The Hall–Kier alpha value is -0.150. The Balaban J connectivity index is 0.000000791. The maximum absolute atomic E-state index is 13.0. The summed E-state index contributed by atoms with van der Waals surface area (Å²) in [5.41, 5.74) is -0.705. The number of hydrogen-bond acceptors (Lipinski definition) is 2. The summed E-state index contributed by atoms with van der Waals surface area (Å²) in [5, 5.41) is 9.49. The van der Waals surface area contributed by atoms with Crippen LogP contribution >= 0.6 is 0 Å². The highest BCUT2D eigenvalue weighted by Crippen LogP contribution is 2.20. The molecule has 0 saturated carbocycles. The Morgan fingerprint density at radius 3 is 2.14 bits per heavy atom. The maximum atomic E-state index is 13.0. The minimum atomic E-state index is -0.715. The van der Waals surface area contributed by atoms with E-state index in [4.69, 9.17) is 0 Å². The molecule has 2 atom stereocenters. The van der Waals surface area contributed by atoms with Crippen molar-refractivity contribution in [1.82, 2.24) is 4.90 Å². The third kappa shape index (κ3) is 4.91. The molecule has 86 valence electrons. The Labute approximate surface area is 87.1 Å². The molecule has 0 aromatic heterocycles. The second-order valence-corrected chi connectivity index (χ2v) is 4.50. The topological polar surface area (TPSA) is 23.5 Å². The minimum Gasteiger partial charge on any atom is -0.389 e. The van der Waals surface area contributed by atoms with Crippen molar-refractivity contribution in [1.29, 1.82) is 0 Å². The molecule has 1 saturated heterocycles. The molecule has 1 heterocycles. The van der Waals surface area contributed by atoms with Gasteiger partial charge in [-0.1, -0.05) is 20.8 Å². The van der Waals surface area contributed by atoms with Gasteiger partial charge in [0.1, 0.15) is 6.17 Å². The van der Waals surface area contributed by atoms with Crippen LogP contribution < -0.4 is 0 Å². The van der Waals surface area contributed by atoms with Crippen LogP contribution in [0.1, 0.15) is 34.6 Å². The normalized spacial score (nSPS) is 28.5. The fraction of sp³-hybridized carbons (Fsp3) is 1.00. The van der Waals surface area contributed by atoms with Gasteiger partial charge in [0.2, 0.25) is 0 Å². The van der Waals surface area contributed by atoms with Crippen LogP contribution in [0.2, 0.25) is 0 Å². The lowest BCUT2D eigenvalue weighted by Crippen LogP contribution is -2.37. The summed E-state index contributed by atoms with van der Waals surface area (Å²) in [6, 6.07) is 0. The molecule has 14 heavy (non-hydrogen) atoms. The number of halogens is 1. The lowest BCUT2D eigenvalue weighted by molar-refractivity contribution is 0.0418. The van der Waals surface area contributed by atoms with E-state index in [0.717, 1.165) is 6.54 Å². The van der Waals surface area contributed by atoms with Gasteiger partial charge in [0.05, 0.1) is 5.60 Å². The van der Waals surface area contributed by atoms with Crippen molar-refractivity contribution < 1.29 is 9.50 Å². The van der Waals surface area contributed by atoms with Gasteiger partial charge in [-0.05, 0) is 13.8 Å². The number of β-amino-alcohol motifs (C(OH)–C–C–N with tert-alkyl or cyclic N) is 1. The van der Waals surface area contributed by atoms with Gasteiger partial charge in [0, 0.05) is 25.6 Å². The first-order chi connectivity index (χ1) is 6.38. The number of nitrogens with zero attached hydrogens (tertiary/aromatic N) is 1. The molecular formula is C11H24FNO. The predicted molar refractivity (Wildman–Crippen MR) is 58.1 cm³/mol. The average Bonchev–Trinajstić information content (AvgIpc) is 2.31. The van der Waals surface area contributed by atoms with E-state index in [9.17, 15) is 9.50 Å². The van der Waals surface area contributed by atoms with Crippen LogP contribution in [-0.2, 0) is 0 Å². The molecule has 0 aromatic rings. The number of aliphatic hydroxyl groups is 1. The molecule has 3 heteroatoms. The molecule has 0 radical (unpaired) electrons. The van der Waals surface area contributed by atoms with Crippen LogP contribution in [0.5, 0.6) is 0 Å². The molecule has 1 fully saturated rings. The molecule has 0 bridgehead atoms. The van der Waals surface area contributed by atoms with E-state index in [2.05, 4.69) is 0 Å². The van der Waals surface area contributed by atoms with E-state index in [1.54, 1.807) is 13.8 Å². The zero-order chi connectivity index (χ0) is 11.4. The predicted octanol–water partition coefficient (Wildman–Crippen LogP) is 2.07. The van der Waals surface area contributed by atoms with Crippen LogP contribution in [0, 0.1) is 5.92 Å². The summed E-state index contributed by atoms with van der Waals surface area (Å²) < 4.78 is 13.0. The quantitative estimate of drug-likeness (QED) is 0.746. The molecule has 1 aliphatic rings. The number of hydrogen-bond donors (Lipinski definition) is 1. The second kappa shape index (κ2) is 5.66. The van der Waals surface area contributed by atoms with Crippen molar-refractivity contribution in [3.05, 3.63) is 0 Å². The Morgan fingerprint density at radius 2 is 1.86 bits per heavy atom. The SMILES string of the molecule is CC.CC1CN(CC(C)(C)O)CC1F. The largest absolute Gasteiger partial charge is 0.389 e. The fourth-order valence-electron chi connectivity index (χ4n) is 1.70. The van der Waals surface area contributed by atoms with Gasteiger partial charge in [-0.15, -0.1) is 0 Å². The summed E-state index contributed by atoms with van der Waals surface area (Å²) in [7, 11) is 0. The van der Waals surface area contributed by atoms with Crippen LogP contribution in [-0.4, -0.2) is 41.4 Å². The molecule has 2 nitrogen and oxygen atoms in total. The van der Waals surface area contributed by atoms with E-state index < -0.39 is 11.8 Å². The molecule has 0 aliphatic carbocycles. The van der Waals surface area contributed by atoms with Gasteiger partial charge in [-0.25, -0.2) is 4.39 Å². The van der Waals surface area contributed by atoms with E-state index in [1.165, 1.54) is 0 Å². The summed E-state index contributed by atoms with van der Waals surface area (Å²) in [6.07, 6.45) is -0.715. The molecule has 1 aliphatic heterocycles. The third-order valence-electron chi connectivity index (χ3n) is 2.21. The van der Waals surface area contributed by atoms with E-state index in [-0.39, 0.29) is 5.92 Å². The molecule has 0 aromatic carbocycles. The summed E-state index contributed by atoms with van der Waals surface area (Å²) >= 11 is 0. The van der Waals surface area contributed by atoms with Crippen molar-refractivity contribution in [2.45, 2.75) is 46.4 Å². The summed E-state index contributed by atoms with van der Waals surface area (Å²) in [4.78, 5) is 1.98. The average molecular weight is 205 g/mol. The van der Waals surface area contributed by atoms with Gasteiger partial charge in [0.25, 0.3) is 0 Å². The lowest BCUT2D eigenvalue weighted by atomic mass is 10.1. The van der Waals surface area contributed by atoms with Gasteiger partial charge in [-0.3, -0.25) is 4.90 Å². The number of rotatable bonds is 2. The highest BCUT2D eigenvalue weighted by molar-refractivity contribution is 4.84. The van der Waals surface area contributed by atoms with Crippen LogP contribution in [0.4, 0.5) is 4.39 Å². The summed E-state index contributed by atoms with van der Waals surface area (Å²) in [6.45, 7) is 11.2. The smallest absolute Gasteiger partial charge is 0.116 e. The zero-order valence-electron chi connectivity index (χ0n) is 10.0. The van der Waals surface area contributed by atoms with Crippen molar-refractivity contribution in [3.63, 3.8) is 0 Å². The first-order valence-electron chi connectivity index (χ1n) is 5.47. The van der Waals surface area contributed by atoms with Gasteiger partial charge < -0.3 is 5.11 Å². The van der Waals surface area contributed by atoms with Crippen LogP contribution in [0.3, 0.4) is 0 Å². The number of likely N-dealkylation sites (tertiary alicyclic amines) is 1. The first-order valence-corrected chi connectivity index (χ1v) is 5.47. The standard InChI is InChI=1S/C9H18FNO.C2H6/c1-7-4-11(5-8(7)10)6-9(2,3)12;1-2/h7-8,12H,4-6H2,1-3H3;1-2H3. The van der Waals surface area contributed by atoms with Crippen molar-refractivity contribution >= 4 is 0 Å². The third-order valence-corrected chi connectivity index (χ3v) is 2.21. The lowest BCUT2D eigenvalue weighted by Gasteiger charge is -2.24. The molecule has 1 rings (SSSR count). The Morgan fingerprint density at radius 1 is 1.36 bits per heavy atom. The minimum absolute atomic E-state index is 0.118. The van der Waals surface area contributed by atoms with Crippen molar-refractivity contribution in [2.75, 3.05) is 19.6 Å². The first kappa shape index (κ1) is 13.8. The fourth-order valence-corrected chi connectivity index (χ4v) is 1.70. The van der Waals surface area contributed by atoms with Crippen LogP contribution in [0.25, 0.3) is 0 Å². The molecule has 2 unspecified atom stereocenters. The van der Waals surface area contributed by atoms with Crippen molar-refractivity contribution in [2.24, 2.45) is 5.92 Å². The Kier molecular flexibility index (Phi) is 5.60.